The number of pyridine rings is 1. The Morgan fingerprint density at radius 2 is 1.11 bits per heavy atom. The van der Waals surface area contributed by atoms with Gasteiger partial charge in [-0.2, -0.15) is 0 Å². The molecular formula is C50H33N5S. The van der Waals surface area contributed by atoms with Crippen molar-refractivity contribution in [3.8, 4) is 67.7 Å². The Morgan fingerprint density at radius 1 is 0.482 bits per heavy atom. The van der Waals surface area contributed by atoms with E-state index in [4.69, 9.17) is 19.9 Å². The summed E-state index contributed by atoms with van der Waals surface area (Å²) in [4.78, 5) is 24.9. The number of rotatable bonds is 7. The van der Waals surface area contributed by atoms with Gasteiger partial charge in [0.25, 0.3) is 0 Å². The minimum atomic E-state index is 0.648. The normalized spacial score (nSPS) is 12.5. The maximum Gasteiger partial charge on any atom is 0.160 e. The zero-order valence-electron chi connectivity index (χ0n) is 30.2. The van der Waals surface area contributed by atoms with E-state index in [0.29, 0.717) is 11.6 Å². The van der Waals surface area contributed by atoms with E-state index in [1.165, 1.54) is 15.8 Å². The number of hydrogen-bond donors (Lipinski definition) is 0. The van der Waals surface area contributed by atoms with Gasteiger partial charge in [-0.15, -0.1) is 11.3 Å². The molecule has 264 valence electrons. The lowest BCUT2D eigenvalue weighted by molar-refractivity contribution is 1.18. The Labute approximate surface area is 328 Å². The highest BCUT2D eigenvalue weighted by atomic mass is 32.1. The quantitative estimate of drug-likeness (QED) is 0.163. The fraction of sp³-hybridized carbons (Fsp3) is 0.0200. The summed E-state index contributed by atoms with van der Waals surface area (Å²) >= 11 is 1.74. The van der Waals surface area contributed by atoms with Crippen LogP contribution < -0.4 is 0 Å². The van der Waals surface area contributed by atoms with Crippen LogP contribution in [0.25, 0.3) is 93.6 Å². The fourth-order valence-electron chi connectivity index (χ4n) is 7.15. The van der Waals surface area contributed by atoms with Gasteiger partial charge in [-0.25, -0.2) is 19.9 Å². The number of nitrogens with zero attached hydrogens (tertiary/aromatic N) is 5. The molecule has 0 bridgehead atoms. The van der Waals surface area contributed by atoms with Gasteiger partial charge in [0.05, 0.1) is 27.3 Å². The molecule has 1 aliphatic carbocycles. The summed E-state index contributed by atoms with van der Waals surface area (Å²) in [5, 5.41) is 1.14. The number of benzene rings is 5. The zero-order valence-corrected chi connectivity index (χ0v) is 31.1. The molecule has 56 heavy (non-hydrogen) atoms. The van der Waals surface area contributed by atoms with E-state index in [2.05, 4.69) is 169 Å². The molecule has 0 N–H and O–H groups in total. The van der Waals surface area contributed by atoms with Crippen molar-refractivity contribution in [3.63, 3.8) is 0 Å². The number of allylic oxidation sites excluding steroid dienone is 6. The monoisotopic (exact) mass is 735 g/mol. The average molecular weight is 736 g/mol. The molecule has 0 atom stereocenters. The van der Waals surface area contributed by atoms with E-state index in [-0.39, 0.29) is 0 Å². The summed E-state index contributed by atoms with van der Waals surface area (Å²) in [6, 6.07) is 50.4. The molecule has 0 aliphatic heterocycles. The number of thiophene rings is 1. The highest BCUT2D eigenvalue weighted by Gasteiger charge is 2.17. The molecule has 0 amide bonds. The van der Waals surface area contributed by atoms with Crippen LogP contribution in [0.15, 0.2) is 188 Å². The first-order chi connectivity index (χ1) is 27.7. The van der Waals surface area contributed by atoms with E-state index in [1.807, 2.05) is 18.3 Å². The Balaban J connectivity index is 1.05. The van der Waals surface area contributed by atoms with Crippen LogP contribution in [0, 0.1) is 0 Å². The van der Waals surface area contributed by atoms with Gasteiger partial charge in [-0.05, 0) is 46.9 Å². The smallest absolute Gasteiger partial charge is 0.160 e. The zero-order chi connectivity index (χ0) is 37.3. The van der Waals surface area contributed by atoms with Gasteiger partial charge in [-0.3, -0.25) is 4.98 Å². The van der Waals surface area contributed by atoms with Crippen molar-refractivity contribution in [1.82, 2.24) is 24.9 Å². The lowest BCUT2D eigenvalue weighted by Gasteiger charge is -2.11. The van der Waals surface area contributed by atoms with Crippen molar-refractivity contribution in [3.05, 3.63) is 194 Å². The second-order valence-corrected chi connectivity index (χ2v) is 14.7. The van der Waals surface area contributed by atoms with E-state index >= 15 is 0 Å². The molecule has 5 aromatic carbocycles. The highest BCUT2D eigenvalue weighted by Crippen LogP contribution is 2.39. The van der Waals surface area contributed by atoms with E-state index in [1.54, 1.807) is 17.5 Å². The van der Waals surface area contributed by atoms with Gasteiger partial charge >= 0.3 is 0 Å². The molecule has 0 fully saturated rings. The van der Waals surface area contributed by atoms with Crippen LogP contribution in [0.1, 0.15) is 12.0 Å². The van der Waals surface area contributed by atoms with E-state index < -0.39 is 0 Å². The van der Waals surface area contributed by atoms with Gasteiger partial charge in [-0.1, -0.05) is 158 Å². The summed E-state index contributed by atoms with van der Waals surface area (Å²) in [6.45, 7) is 0. The van der Waals surface area contributed by atoms with Crippen LogP contribution >= 0.6 is 11.3 Å². The third-order valence-electron chi connectivity index (χ3n) is 10.1. The summed E-state index contributed by atoms with van der Waals surface area (Å²) < 4.78 is 2.29. The van der Waals surface area contributed by atoms with Gasteiger partial charge in [0.15, 0.2) is 11.6 Å². The molecule has 1 aliphatic rings. The molecule has 4 heterocycles. The van der Waals surface area contributed by atoms with Crippen molar-refractivity contribution in [2.24, 2.45) is 0 Å². The van der Waals surface area contributed by atoms with Crippen molar-refractivity contribution in [2.75, 3.05) is 0 Å². The molecule has 4 aromatic heterocycles. The Bertz CT molecular complexity index is 2950. The Hall–Kier alpha value is -7.15. The minimum absolute atomic E-state index is 0.648. The maximum atomic E-state index is 5.17. The first-order valence-electron chi connectivity index (χ1n) is 18.6. The van der Waals surface area contributed by atoms with E-state index in [0.717, 1.165) is 78.0 Å². The van der Waals surface area contributed by atoms with Gasteiger partial charge in [0.1, 0.15) is 0 Å². The summed E-state index contributed by atoms with van der Waals surface area (Å²) in [5.74, 6) is 1.33. The van der Waals surface area contributed by atoms with Crippen LogP contribution in [-0.2, 0) is 0 Å². The van der Waals surface area contributed by atoms with Crippen molar-refractivity contribution in [2.45, 2.75) is 6.42 Å². The molecule has 0 saturated carbocycles. The molecule has 0 unspecified atom stereocenters. The summed E-state index contributed by atoms with van der Waals surface area (Å²) in [6.07, 6.45) is 15.4. The van der Waals surface area contributed by atoms with Crippen LogP contribution in [0.3, 0.4) is 0 Å². The van der Waals surface area contributed by atoms with Gasteiger partial charge in [0, 0.05) is 50.3 Å². The van der Waals surface area contributed by atoms with Crippen LogP contribution in [0.4, 0.5) is 0 Å². The predicted molar refractivity (Wildman–Crippen MR) is 232 cm³/mol. The number of aromatic nitrogens is 5. The topological polar surface area (TPSA) is 64.5 Å². The largest absolute Gasteiger partial charge is 0.264 e. The van der Waals surface area contributed by atoms with Crippen LogP contribution in [0.5, 0.6) is 0 Å². The molecule has 10 rings (SSSR count). The average Bonchev–Trinajstić information content (AvgIpc) is 3.43. The number of hydrogen-bond acceptors (Lipinski definition) is 6. The SMILES string of the molecule is C1=CCC=C(c2ccc(-c3cc(-c4ccc(-c5cccnc5)cc4)nc(-c4ccc(-c5nc(-c6ccccc6)c6sc7ccccc7c6n5)cc4)n3)cc2)C=C1. The van der Waals surface area contributed by atoms with Gasteiger partial charge < -0.3 is 0 Å². The first kappa shape index (κ1) is 33.4. The lowest BCUT2D eigenvalue weighted by atomic mass is 10.00. The van der Waals surface area contributed by atoms with Crippen molar-refractivity contribution >= 4 is 37.2 Å². The Morgan fingerprint density at radius 3 is 1.82 bits per heavy atom. The minimum Gasteiger partial charge on any atom is -0.264 e. The van der Waals surface area contributed by atoms with Crippen molar-refractivity contribution in [1.29, 1.82) is 0 Å². The highest BCUT2D eigenvalue weighted by molar-refractivity contribution is 7.26. The van der Waals surface area contributed by atoms with E-state index in [9.17, 15) is 0 Å². The standard InChI is InChI=1S/C50H33N5S/c1-2-5-12-33(11-4-1)34-18-22-36(23-19-34)43-31-44(37-24-20-35(21-25-37)41-15-10-30-51-32-41)53-49(52-43)39-26-28-40(29-27-39)50-54-46(38-13-6-3-7-14-38)48-47(55-50)42-16-8-9-17-45(42)56-48/h1-4,6-32H,5H2. The summed E-state index contributed by atoms with van der Waals surface area (Å²) in [7, 11) is 0. The lowest BCUT2D eigenvalue weighted by Crippen LogP contribution is -1.97. The van der Waals surface area contributed by atoms with Crippen LogP contribution in [0.2, 0.25) is 0 Å². The summed E-state index contributed by atoms with van der Waals surface area (Å²) in [5.41, 5.74) is 13.1. The third-order valence-corrected chi connectivity index (χ3v) is 11.2. The molecule has 5 nitrogen and oxygen atoms in total. The second kappa shape index (κ2) is 14.6. The van der Waals surface area contributed by atoms with Crippen LogP contribution in [-0.4, -0.2) is 24.9 Å². The maximum absolute atomic E-state index is 5.17. The second-order valence-electron chi connectivity index (χ2n) is 13.7. The number of fused-ring (bicyclic) bond motifs is 3. The molecular weight excluding hydrogens is 703 g/mol. The molecule has 6 heteroatoms. The third kappa shape index (κ3) is 6.53. The molecule has 9 aromatic rings. The van der Waals surface area contributed by atoms with Crippen molar-refractivity contribution < 1.29 is 0 Å². The molecule has 0 radical (unpaired) electrons. The molecule has 0 spiro atoms. The fourth-order valence-corrected chi connectivity index (χ4v) is 8.30. The Kier molecular flexibility index (Phi) is 8.71. The molecule has 0 saturated heterocycles. The predicted octanol–water partition coefficient (Wildman–Crippen LogP) is 12.9. The van der Waals surface area contributed by atoms with Gasteiger partial charge in [0.2, 0.25) is 0 Å². The first-order valence-corrected chi connectivity index (χ1v) is 19.4.